The second kappa shape index (κ2) is 13.2. The van der Waals surface area contributed by atoms with E-state index in [2.05, 4.69) is 20.3 Å². The SMILES string of the molecule is COCC(=O)N1CCC2(CCc3c(NCCc4cnc[nH]4)nc(C)nc32)CC1.O=CO.O=CO. The summed E-state index contributed by atoms with van der Waals surface area (Å²) in [6, 6.07) is 0. The van der Waals surface area contributed by atoms with E-state index in [1.807, 2.05) is 18.0 Å². The molecule has 1 aliphatic carbocycles. The van der Waals surface area contributed by atoms with Gasteiger partial charge in [0.1, 0.15) is 18.2 Å². The number of likely N-dealkylation sites (tertiary alicyclic amines) is 1. The van der Waals surface area contributed by atoms with Crippen molar-refractivity contribution in [1.82, 2.24) is 24.8 Å². The second-order valence-corrected chi connectivity index (χ2v) is 8.01. The van der Waals surface area contributed by atoms with Crippen LogP contribution in [0.2, 0.25) is 0 Å². The van der Waals surface area contributed by atoms with E-state index >= 15 is 0 Å². The molecular formula is C22H32N6O6. The first-order valence-corrected chi connectivity index (χ1v) is 11.0. The monoisotopic (exact) mass is 476 g/mol. The summed E-state index contributed by atoms with van der Waals surface area (Å²) in [6.45, 7) is 3.97. The summed E-state index contributed by atoms with van der Waals surface area (Å²) in [5.41, 5.74) is 3.64. The first kappa shape index (κ1) is 26.7. The summed E-state index contributed by atoms with van der Waals surface area (Å²) in [5.74, 6) is 1.86. The van der Waals surface area contributed by atoms with Crippen molar-refractivity contribution in [2.24, 2.45) is 0 Å². The molecule has 1 spiro atoms. The Labute approximate surface area is 197 Å². The largest absolute Gasteiger partial charge is 0.483 e. The molecule has 0 bridgehead atoms. The minimum atomic E-state index is -0.250. The minimum absolute atomic E-state index is 0.0761. The number of nitrogens with zero attached hydrogens (tertiary/aromatic N) is 4. The predicted molar refractivity (Wildman–Crippen MR) is 123 cm³/mol. The molecule has 2 aliphatic rings. The van der Waals surface area contributed by atoms with Gasteiger partial charge in [0.2, 0.25) is 5.91 Å². The zero-order chi connectivity index (χ0) is 25.0. The number of nitrogens with one attached hydrogen (secondary N) is 2. The highest BCUT2D eigenvalue weighted by molar-refractivity contribution is 5.77. The van der Waals surface area contributed by atoms with E-state index in [9.17, 15) is 4.79 Å². The Hall–Kier alpha value is -3.54. The van der Waals surface area contributed by atoms with Crippen LogP contribution >= 0.6 is 0 Å². The quantitative estimate of drug-likeness (QED) is 0.441. The number of piperidine rings is 1. The van der Waals surface area contributed by atoms with Crippen LogP contribution in [0.5, 0.6) is 0 Å². The number of amides is 1. The Balaban J connectivity index is 0.000000618. The molecule has 2 aromatic heterocycles. The molecule has 4 N–H and O–H groups in total. The molecule has 0 atom stereocenters. The molecule has 0 saturated carbocycles. The van der Waals surface area contributed by atoms with Crippen LogP contribution in [0.15, 0.2) is 12.5 Å². The zero-order valence-corrected chi connectivity index (χ0v) is 19.5. The van der Waals surface area contributed by atoms with E-state index in [1.165, 1.54) is 11.3 Å². The molecular weight excluding hydrogens is 444 g/mol. The van der Waals surface area contributed by atoms with Crippen LogP contribution in [0.4, 0.5) is 5.82 Å². The number of carboxylic acid groups (broad SMARTS) is 2. The summed E-state index contributed by atoms with van der Waals surface area (Å²) in [4.78, 5) is 47.5. The van der Waals surface area contributed by atoms with Crippen molar-refractivity contribution in [3.05, 3.63) is 35.3 Å². The van der Waals surface area contributed by atoms with Crippen molar-refractivity contribution in [2.75, 3.05) is 38.7 Å². The van der Waals surface area contributed by atoms with Crippen molar-refractivity contribution in [3.8, 4) is 0 Å². The van der Waals surface area contributed by atoms with Gasteiger partial charge in [0.25, 0.3) is 12.9 Å². The van der Waals surface area contributed by atoms with E-state index in [0.29, 0.717) is 0 Å². The van der Waals surface area contributed by atoms with E-state index in [-0.39, 0.29) is 30.9 Å². The first-order chi connectivity index (χ1) is 16.4. The summed E-state index contributed by atoms with van der Waals surface area (Å²) in [7, 11) is 1.57. The molecule has 0 radical (unpaired) electrons. The van der Waals surface area contributed by atoms with Crippen molar-refractivity contribution in [2.45, 2.75) is 44.4 Å². The maximum Gasteiger partial charge on any atom is 0.290 e. The molecule has 186 valence electrons. The van der Waals surface area contributed by atoms with Crippen LogP contribution in [0.3, 0.4) is 0 Å². The number of aryl methyl sites for hydroxylation is 1. The Morgan fingerprint density at radius 2 is 1.91 bits per heavy atom. The standard InChI is InChI=1S/C20H28N6O2.2CH2O2/c1-14-24-18-16(19(25-14)22-8-4-15-11-21-13-23-15)3-5-20(18)6-9-26(10-7-20)17(27)12-28-2;2*2-1-3/h11,13H,3-10,12H2,1-2H3,(H,21,23)(H,22,24,25);2*1H,(H,2,3). The number of carbonyl (C=O) groups is 3. The van der Waals surface area contributed by atoms with Crippen molar-refractivity contribution < 1.29 is 29.3 Å². The zero-order valence-electron chi connectivity index (χ0n) is 19.5. The van der Waals surface area contributed by atoms with Crippen LogP contribution in [-0.2, 0) is 37.4 Å². The number of carbonyl (C=O) groups excluding carboxylic acids is 1. The van der Waals surface area contributed by atoms with Crippen LogP contribution in [0.1, 0.15) is 42.0 Å². The second-order valence-electron chi connectivity index (χ2n) is 8.01. The normalized spacial score (nSPS) is 15.3. The first-order valence-electron chi connectivity index (χ1n) is 11.0. The average molecular weight is 477 g/mol. The van der Waals surface area contributed by atoms with Crippen molar-refractivity contribution in [3.63, 3.8) is 0 Å². The lowest BCUT2D eigenvalue weighted by atomic mass is 9.76. The van der Waals surface area contributed by atoms with E-state index in [4.69, 9.17) is 29.5 Å². The van der Waals surface area contributed by atoms with Gasteiger partial charge in [0.15, 0.2) is 0 Å². The van der Waals surface area contributed by atoms with Gasteiger partial charge in [-0.25, -0.2) is 15.0 Å². The molecule has 1 aliphatic heterocycles. The van der Waals surface area contributed by atoms with Gasteiger partial charge in [-0.3, -0.25) is 14.4 Å². The molecule has 1 saturated heterocycles. The predicted octanol–water partition coefficient (Wildman–Crippen LogP) is 1.02. The van der Waals surface area contributed by atoms with Gasteiger partial charge >= 0.3 is 0 Å². The van der Waals surface area contributed by atoms with Gasteiger partial charge in [-0.05, 0) is 32.6 Å². The van der Waals surface area contributed by atoms with Crippen molar-refractivity contribution >= 4 is 24.7 Å². The summed E-state index contributed by atoms with van der Waals surface area (Å²) in [5, 5.41) is 17.3. The van der Waals surface area contributed by atoms with Gasteiger partial charge in [-0.2, -0.15) is 0 Å². The fourth-order valence-corrected chi connectivity index (χ4v) is 4.52. The number of aromatic nitrogens is 4. The maximum atomic E-state index is 12.1. The minimum Gasteiger partial charge on any atom is -0.483 e. The van der Waals surface area contributed by atoms with Gasteiger partial charge in [0.05, 0.1) is 12.0 Å². The van der Waals surface area contributed by atoms with Crippen LogP contribution in [0.25, 0.3) is 0 Å². The van der Waals surface area contributed by atoms with Crippen LogP contribution in [-0.4, -0.2) is 87.3 Å². The molecule has 12 heteroatoms. The molecule has 2 aromatic rings. The van der Waals surface area contributed by atoms with Gasteiger partial charge in [-0.15, -0.1) is 0 Å². The number of imidazole rings is 1. The number of rotatable bonds is 6. The number of ether oxygens (including phenoxy) is 1. The molecule has 0 aromatic carbocycles. The maximum absolute atomic E-state index is 12.1. The number of fused-ring (bicyclic) bond motifs is 2. The molecule has 0 unspecified atom stereocenters. The molecule has 1 fully saturated rings. The van der Waals surface area contributed by atoms with Crippen molar-refractivity contribution in [1.29, 1.82) is 0 Å². The summed E-state index contributed by atoms with van der Waals surface area (Å²) in [6.07, 6.45) is 8.43. The summed E-state index contributed by atoms with van der Waals surface area (Å²) < 4.78 is 5.00. The number of hydrogen-bond donors (Lipinski definition) is 4. The molecule has 4 rings (SSSR count). The highest BCUT2D eigenvalue weighted by Gasteiger charge is 2.44. The summed E-state index contributed by atoms with van der Waals surface area (Å²) >= 11 is 0. The third-order valence-electron chi connectivity index (χ3n) is 6.06. The molecule has 1 amide bonds. The lowest BCUT2D eigenvalue weighted by molar-refractivity contribution is -0.136. The highest BCUT2D eigenvalue weighted by atomic mass is 16.5. The third kappa shape index (κ3) is 6.73. The van der Waals surface area contributed by atoms with E-state index < -0.39 is 0 Å². The van der Waals surface area contributed by atoms with Crippen LogP contribution in [0, 0.1) is 6.92 Å². The fraction of sp³-hybridized carbons (Fsp3) is 0.545. The van der Waals surface area contributed by atoms with E-state index in [1.54, 1.807) is 13.4 Å². The molecule has 3 heterocycles. The lowest BCUT2D eigenvalue weighted by Crippen LogP contribution is -2.45. The number of H-pyrrole nitrogens is 1. The average Bonchev–Trinajstić information content (AvgIpc) is 3.45. The molecule has 12 nitrogen and oxygen atoms in total. The Kier molecular flexibility index (Phi) is 10.4. The molecule has 34 heavy (non-hydrogen) atoms. The highest BCUT2D eigenvalue weighted by Crippen LogP contribution is 2.47. The number of methoxy groups -OCH3 is 1. The topological polar surface area (TPSA) is 171 Å². The fourth-order valence-electron chi connectivity index (χ4n) is 4.52. The number of anilines is 1. The number of hydrogen-bond acceptors (Lipinski definition) is 8. The number of aromatic amines is 1. The van der Waals surface area contributed by atoms with Gasteiger partial charge in [0, 0.05) is 56.0 Å². The van der Waals surface area contributed by atoms with Gasteiger partial charge < -0.3 is 30.2 Å². The smallest absolute Gasteiger partial charge is 0.290 e. The lowest BCUT2D eigenvalue weighted by Gasteiger charge is -2.39. The van der Waals surface area contributed by atoms with E-state index in [0.717, 1.165) is 69.1 Å². The third-order valence-corrected chi connectivity index (χ3v) is 6.06. The Morgan fingerprint density at radius 3 is 2.50 bits per heavy atom. The van der Waals surface area contributed by atoms with Crippen LogP contribution < -0.4 is 5.32 Å². The van der Waals surface area contributed by atoms with Gasteiger partial charge in [-0.1, -0.05) is 0 Å². The Bertz CT molecular complexity index is 922. The Morgan fingerprint density at radius 1 is 1.24 bits per heavy atom.